The Hall–Kier alpha value is -0.0400. The number of rotatable bonds is 5. The van der Waals surface area contributed by atoms with Gasteiger partial charge in [0.25, 0.3) is 0 Å². The highest BCUT2D eigenvalue weighted by Gasteiger charge is 2.30. The van der Waals surface area contributed by atoms with Crippen molar-refractivity contribution in [3.05, 3.63) is 0 Å². The Morgan fingerprint density at radius 2 is 1.79 bits per heavy atom. The second kappa shape index (κ2) is 9.80. The maximum Gasteiger partial charge on any atom is 0.0115 e. The van der Waals surface area contributed by atoms with Crippen LogP contribution in [0.4, 0.5) is 0 Å². The molecule has 1 saturated carbocycles. The maximum absolute atomic E-state index is 3.39. The molecule has 116 valence electrons. The van der Waals surface area contributed by atoms with Gasteiger partial charge in [0.15, 0.2) is 0 Å². The second-order valence-electron chi connectivity index (χ2n) is 7.60. The minimum Gasteiger partial charge on any atom is -0.316 e. The molecule has 0 bridgehead atoms. The molecule has 1 heteroatoms. The Bertz CT molecular complexity index is 208. The molecule has 19 heavy (non-hydrogen) atoms. The first-order valence-electron chi connectivity index (χ1n) is 8.50. The summed E-state index contributed by atoms with van der Waals surface area (Å²) in [5.74, 6) is 1.82. The molecule has 2 unspecified atom stereocenters. The summed E-state index contributed by atoms with van der Waals surface area (Å²) in [6.07, 6.45) is 9.72. The molecule has 0 heterocycles. The average molecular weight is 270 g/mol. The smallest absolute Gasteiger partial charge is 0.0115 e. The number of hydrogen-bond donors (Lipinski definition) is 1. The molecule has 1 aliphatic carbocycles. The summed E-state index contributed by atoms with van der Waals surface area (Å²) in [6, 6.07) is 0.751. The number of nitrogens with one attached hydrogen (secondary N) is 1. The van der Waals surface area contributed by atoms with Crippen molar-refractivity contribution < 1.29 is 0 Å². The molecule has 2 atom stereocenters. The lowest BCUT2D eigenvalue weighted by Gasteiger charge is -2.38. The van der Waals surface area contributed by atoms with Crippen LogP contribution in [-0.2, 0) is 0 Å². The van der Waals surface area contributed by atoms with Gasteiger partial charge in [0.2, 0.25) is 0 Å². The largest absolute Gasteiger partial charge is 0.316 e. The van der Waals surface area contributed by atoms with Gasteiger partial charge in [-0.3, -0.25) is 0 Å². The molecule has 1 nitrogen and oxygen atoms in total. The summed E-state index contributed by atoms with van der Waals surface area (Å²) in [5.41, 5.74) is 0.535. The monoisotopic (exact) mass is 269 g/mol. The van der Waals surface area contributed by atoms with E-state index in [2.05, 4.69) is 53.9 Å². The highest BCUT2D eigenvalue weighted by Crippen LogP contribution is 2.34. The Balaban J connectivity index is 0.000000344. The van der Waals surface area contributed by atoms with E-state index in [1.807, 2.05) is 0 Å². The van der Waals surface area contributed by atoms with Gasteiger partial charge in [0.1, 0.15) is 0 Å². The normalized spacial score (nSPS) is 23.7. The standard InChI is InChI=1S/C9H19N.C9H20/c1-9(2)7-5-4-6-8(9)10-3;1-5-6-9(4)7-8(2)3/h8,10H,4-7H2,1-3H3;8-9H,5-7H2,1-4H3. The highest BCUT2D eigenvalue weighted by atomic mass is 14.9. The van der Waals surface area contributed by atoms with Crippen LogP contribution in [0.2, 0.25) is 0 Å². The summed E-state index contributed by atoms with van der Waals surface area (Å²) in [5, 5.41) is 3.39. The lowest BCUT2D eigenvalue weighted by Crippen LogP contribution is -2.42. The van der Waals surface area contributed by atoms with Gasteiger partial charge in [0.05, 0.1) is 0 Å². The first-order valence-corrected chi connectivity index (χ1v) is 8.50. The van der Waals surface area contributed by atoms with Crippen molar-refractivity contribution in [1.82, 2.24) is 5.32 Å². The maximum atomic E-state index is 3.39. The SMILES string of the molecule is CCCC(C)CC(C)C.CNC1CCCCC1(C)C. The fourth-order valence-electron chi connectivity index (χ4n) is 3.44. The lowest BCUT2D eigenvalue weighted by atomic mass is 9.73. The lowest BCUT2D eigenvalue weighted by molar-refractivity contribution is 0.176. The molecule has 0 saturated heterocycles. The highest BCUT2D eigenvalue weighted by molar-refractivity contribution is 4.86. The first kappa shape index (κ1) is 19.0. The molecule has 0 radical (unpaired) electrons. The zero-order valence-corrected chi connectivity index (χ0v) is 14.7. The Kier molecular flexibility index (Phi) is 9.78. The predicted molar refractivity (Wildman–Crippen MR) is 88.6 cm³/mol. The molecule has 1 rings (SSSR count). The van der Waals surface area contributed by atoms with Crippen molar-refractivity contribution in [2.24, 2.45) is 17.3 Å². The van der Waals surface area contributed by atoms with E-state index in [1.165, 1.54) is 44.9 Å². The van der Waals surface area contributed by atoms with E-state index in [-0.39, 0.29) is 0 Å². The van der Waals surface area contributed by atoms with E-state index in [4.69, 9.17) is 0 Å². The second-order valence-corrected chi connectivity index (χ2v) is 7.60. The van der Waals surface area contributed by atoms with Crippen molar-refractivity contribution in [2.75, 3.05) is 7.05 Å². The van der Waals surface area contributed by atoms with Crippen LogP contribution in [0.15, 0.2) is 0 Å². The molecule has 0 aliphatic heterocycles. The predicted octanol–water partition coefficient (Wildman–Crippen LogP) is 5.64. The summed E-state index contributed by atoms with van der Waals surface area (Å²) in [6.45, 7) is 13.9. The molecule has 1 N–H and O–H groups in total. The molecular weight excluding hydrogens is 230 g/mol. The Morgan fingerprint density at radius 3 is 2.16 bits per heavy atom. The van der Waals surface area contributed by atoms with Crippen LogP contribution < -0.4 is 5.32 Å². The molecule has 0 spiro atoms. The van der Waals surface area contributed by atoms with Crippen LogP contribution in [0.1, 0.15) is 86.5 Å². The third-order valence-electron chi connectivity index (χ3n) is 4.51. The zero-order valence-electron chi connectivity index (χ0n) is 14.7. The van der Waals surface area contributed by atoms with Gasteiger partial charge in [-0.2, -0.15) is 0 Å². The van der Waals surface area contributed by atoms with Gasteiger partial charge in [-0.05, 0) is 43.6 Å². The Morgan fingerprint density at radius 1 is 1.16 bits per heavy atom. The average Bonchev–Trinajstić information content (AvgIpc) is 2.28. The minimum atomic E-state index is 0.535. The van der Waals surface area contributed by atoms with Crippen molar-refractivity contribution in [3.8, 4) is 0 Å². The van der Waals surface area contributed by atoms with Crippen molar-refractivity contribution >= 4 is 0 Å². The van der Waals surface area contributed by atoms with Gasteiger partial charge in [-0.1, -0.05) is 67.2 Å². The van der Waals surface area contributed by atoms with E-state index in [0.717, 1.165) is 17.9 Å². The summed E-state index contributed by atoms with van der Waals surface area (Å²) in [7, 11) is 2.08. The summed E-state index contributed by atoms with van der Waals surface area (Å²) < 4.78 is 0. The molecule has 1 aliphatic rings. The topological polar surface area (TPSA) is 12.0 Å². The minimum absolute atomic E-state index is 0.535. The molecule has 1 fully saturated rings. The molecule has 0 aromatic carbocycles. The van der Waals surface area contributed by atoms with E-state index in [9.17, 15) is 0 Å². The molecule has 0 amide bonds. The van der Waals surface area contributed by atoms with E-state index < -0.39 is 0 Å². The number of hydrogen-bond acceptors (Lipinski definition) is 1. The fraction of sp³-hybridized carbons (Fsp3) is 1.00. The zero-order chi connectivity index (χ0) is 14.9. The fourth-order valence-corrected chi connectivity index (χ4v) is 3.44. The first-order chi connectivity index (χ1) is 8.83. The van der Waals surface area contributed by atoms with Gasteiger partial charge < -0.3 is 5.32 Å². The van der Waals surface area contributed by atoms with Crippen LogP contribution in [0.25, 0.3) is 0 Å². The van der Waals surface area contributed by atoms with Gasteiger partial charge in [0, 0.05) is 6.04 Å². The van der Waals surface area contributed by atoms with Gasteiger partial charge >= 0.3 is 0 Å². The van der Waals surface area contributed by atoms with Crippen LogP contribution in [0.3, 0.4) is 0 Å². The van der Waals surface area contributed by atoms with Gasteiger partial charge in [-0.25, -0.2) is 0 Å². The molecular formula is C18H39N. The van der Waals surface area contributed by atoms with E-state index in [1.54, 1.807) is 0 Å². The third kappa shape index (κ3) is 8.68. The van der Waals surface area contributed by atoms with Crippen molar-refractivity contribution in [3.63, 3.8) is 0 Å². The summed E-state index contributed by atoms with van der Waals surface area (Å²) >= 11 is 0. The van der Waals surface area contributed by atoms with E-state index >= 15 is 0 Å². The third-order valence-corrected chi connectivity index (χ3v) is 4.51. The van der Waals surface area contributed by atoms with Crippen LogP contribution in [0, 0.1) is 17.3 Å². The van der Waals surface area contributed by atoms with Crippen molar-refractivity contribution in [2.45, 2.75) is 92.5 Å². The van der Waals surface area contributed by atoms with Gasteiger partial charge in [-0.15, -0.1) is 0 Å². The molecule has 0 aromatic heterocycles. The van der Waals surface area contributed by atoms with Crippen LogP contribution in [-0.4, -0.2) is 13.1 Å². The van der Waals surface area contributed by atoms with Crippen molar-refractivity contribution in [1.29, 1.82) is 0 Å². The Labute approximate surface area is 122 Å². The summed E-state index contributed by atoms with van der Waals surface area (Å²) in [4.78, 5) is 0. The van der Waals surface area contributed by atoms with Crippen LogP contribution >= 0.6 is 0 Å². The molecule has 0 aromatic rings. The quantitative estimate of drug-likeness (QED) is 0.680. The van der Waals surface area contributed by atoms with Crippen LogP contribution in [0.5, 0.6) is 0 Å². The van der Waals surface area contributed by atoms with E-state index in [0.29, 0.717) is 5.41 Å².